The maximum Gasteiger partial charge on any atom is 0.404 e. The highest BCUT2D eigenvalue weighted by Gasteiger charge is 2.47. The normalized spacial score (nSPS) is 31.6. The third kappa shape index (κ3) is 6.69. The van der Waals surface area contributed by atoms with E-state index in [0.29, 0.717) is 13.0 Å². The molecule has 1 fully saturated rings. The minimum absolute atomic E-state index is 0.253. The van der Waals surface area contributed by atoms with Gasteiger partial charge in [0.2, 0.25) is 0 Å². The molecule has 0 saturated carbocycles. The fraction of sp³-hybridized carbons (Fsp3) is 0.923. The topological polar surface area (TPSA) is 178 Å². The van der Waals surface area contributed by atoms with Crippen LogP contribution in [0.5, 0.6) is 0 Å². The van der Waals surface area contributed by atoms with Gasteiger partial charge in [0, 0.05) is 12.3 Å². The molecule has 1 aliphatic heterocycles. The smallest absolute Gasteiger partial charge is 0.404 e. The number of primary amides is 1. The van der Waals surface area contributed by atoms with E-state index in [-0.39, 0.29) is 6.61 Å². The maximum absolute atomic E-state index is 10.6. The number of aliphatic hydroxyl groups excluding tert-OH is 4. The van der Waals surface area contributed by atoms with Crippen molar-refractivity contribution in [2.45, 2.75) is 43.2 Å². The third-order valence-corrected chi connectivity index (χ3v) is 4.46. The zero-order valence-electron chi connectivity index (χ0n) is 13.2. The minimum atomic E-state index is -1.58. The molecule has 10 nitrogen and oxygen atoms in total. The van der Waals surface area contributed by atoms with Gasteiger partial charge in [0.15, 0.2) is 6.29 Å². The summed E-state index contributed by atoms with van der Waals surface area (Å²) in [5.41, 5.74) is 10.2. The molecule has 24 heavy (non-hydrogen) atoms. The molecule has 1 saturated heterocycles. The van der Waals surface area contributed by atoms with Crippen molar-refractivity contribution in [3.05, 3.63) is 0 Å². The van der Waals surface area contributed by atoms with Crippen LogP contribution in [-0.2, 0) is 14.2 Å². The van der Waals surface area contributed by atoms with Crippen LogP contribution in [0.15, 0.2) is 0 Å². The Morgan fingerprint density at radius 3 is 2.54 bits per heavy atom. The van der Waals surface area contributed by atoms with Crippen LogP contribution in [-0.4, -0.2) is 94.6 Å². The molecule has 8 N–H and O–H groups in total. The highest BCUT2D eigenvalue weighted by atomic mass is 32.2. The Labute approximate surface area is 144 Å². The SMILES string of the molecule is NCCSCCCO[C@H]1O[C@H]([C@@H](O)COC(N)=O)[C@@H](O)[C@H](O)[C@@H]1O. The van der Waals surface area contributed by atoms with E-state index in [1.54, 1.807) is 11.8 Å². The Bertz CT molecular complexity index is 378. The van der Waals surface area contributed by atoms with Crippen molar-refractivity contribution in [2.75, 3.05) is 31.3 Å². The lowest BCUT2D eigenvalue weighted by Crippen LogP contribution is -2.61. The minimum Gasteiger partial charge on any atom is -0.447 e. The van der Waals surface area contributed by atoms with Gasteiger partial charge in [-0.1, -0.05) is 0 Å². The van der Waals surface area contributed by atoms with E-state index in [0.717, 1.165) is 11.5 Å². The van der Waals surface area contributed by atoms with Gasteiger partial charge in [-0.3, -0.25) is 0 Å². The Hall–Kier alpha value is -0.660. The number of nitrogens with two attached hydrogens (primary N) is 2. The molecule has 0 bridgehead atoms. The average molecular weight is 370 g/mol. The van der Waals surface area contributed by atoms with E-state index in [2.05, 4.69) is 4.74 Å². The molecule has 0 spiro atoms. The second-order valence-corrected chi connectivity index (χ2v) is 6.49. The van der Waals surface area contributed by atoms with Gasteiger partial charge < -0.3 is 46.1 Å². The summed E-state index contributed by atoms with van der Waals surface area (Å²) < 4.78 is 15.1. The number of hydrogen-bond acceptors (Lipinski definition) is 10. The summed E-state index contributed by atoms with van der Waals surface area (Å²) >= 11 is 1.66. The standard InChI is InChI=1S/C13H26N2O8S/c14-2-5-24-4-1-3-21-12-10(19)8(17)9(18)11(23-12)7(16)6-22-13(15)20/h7-12,16-19H,1-6,14H2,(H2,15,20)/t7-,8-,9-,10-,11+,12-/m0/s1. The molecule has 0 radical (unpaired) electrons. The fourth-order valence-corrected chi connectivity index (χ4v) is 2.83. The summed E-state index contributed by atoms with van der Waals surface area (Å²) in [5.74, 6) is 1.64. The number of amides is 1. The molecule has 1 amide bonds. The van der Waals surface area contributed by atoms with E-state index in [1.807, 2.05) is 0 Å². The van der Waals surface area contributed by atoms with Crippen LogP contribution >= 0.6 is 11.8 Å². The van der Waals surface area contributed by atoms with Gasteiger partial charge in [0.05, 0.1) is 6.61 Å². The molecule has 0 aromatic rings. The van der Waals surface area contributed by atoms with Gasteiger partial charge in [0.25, 0.3) is 0 Å². The zero-order chi connectivity index (χ0) is 18.1. The number of carbonyl (C=O) groups is 1. The highest BCUT2D eigenvalue weighted by molar-refractivity contribution is 7.99. The number of rotatable bonds is 10. The summed E-state index contributed by atoms with van der Waals surface area (Å²) in [5, 5.41) is 39.6. The molecule has 1 aliphatic rings. The monoisotopic (exact) mass is 370 g/mol. The molecule has 6 atom stereocenters. The van der Waals surface area contributed by atoms with Gasteiger partial charge in [0.1, 0.15) is 37.1 Å². The van der Waals surface area contributed by atoms with Crippen molar-refractivity contribution < 1.29 is 39.4 Å². The molecule has 0 aliphatic carbocycles. The summed E-state index contributed by atoms with van der Waals surface area (Å²) in [7, 11) is 0. The van der Waals surface area contributed by atoms with Crippen LogP contribution in [0.4, 0.5) is 4.79 Å². The van der Waals surface area contributed by atoms with Crippen LogP contribution < -0.4 is 11.5 Å². The highest BCUT2D eigenvalue weighted by Crippen LogP contribution is 2.24. The lowest BCUT2D eigenvalue weighted by atomic mass is 9.95. The second kappa shape index (κ2) is 11.1. The molecule has 1 rings (SSSR count). The Kier molecular flexibility index (Phi) is 9.85. The molecular weight excluding hydrogens is 344 g/mol. The van der Waals surface area contributed by atoms with Crippen molar-refractivity contribution in [3.63, 3.8) is 0 Å². The van der Waals surface area contributed by atoms with Gasteiger partial charge in [-0.2, -0.15) is 11.8 Å². The van der Waals surface area contributed by atoms with Crippen LogP contribution in [0.1, 0.15) is 6.42 Å². The largest absolute Gasteiger partial charge is 0.447 e. The van der Waals surface area contributed by atoms with Crippen LogP contribution in [0, 0.1) is 0 Å². The fourth-order valence-electron chi connectivity index (χ4n) is 2.14. The summed E-state index contributed by atoms with van der Waals surface area (Å²) in [6.07, 6.45) is -9.03. The van der Waals surface area contributed by atoms with Crippen molar-refractivity contribution in [1.29, 1.82) is 0 Å². The van der Waals surface area contributed by atoms with E-state index in [9.17, 15) is 25.2 Å². The quantitative estimate of drug-likeness (QED) is 0.222. The first-order valence-corrected chi connectivity index (χ1v) is 8.73. The number of hydrogen-bond donors (Lipinski definition) is 6. The lowest BCUT2D eigenvalue weighted by Gasteiger charge is -2.41. The molecule has 0 unspecified atom stereocenters. The second-order valence-electron chi connectivity index (χ2n) is 5.26. The van der Waals surface area contributed by atoms with Crippen molar-refractivity contribution in [1.82, 2.24) is 0 Å². The molecule has 0 aromatic carbocycles. The van der Waals surface area contributed by atoms with E-state index in [4.69, 9.17) is 20.9 Å². The lowest BCUT2D eigenvalue weighted by molar-refractivity contribution is -0.311. The number of thioether (sulfide) groups is 1. The summed E-state index contributed by atoms with van der Waals surface area (Å²) in [6, 6.07) is 0. The molecule has 0 aromatic heterocycles. The van der Waals surface area contributed by atoms with E-state index in [1.165, 1.54) is 0 Å². The van der Waals surface area contributed by atoms with Gasteiger partial charge in [-0.05, 0) is 12.2 Å². The Morgan fingerprint density at radius 2 is 1.92 bits per heavy atom. The first-order valence-electron chi connectivity index (χ1n) is 7.57. The number of aliphatic hydroxyl groups is 4. The predicted octanol–water partition coefficient (Wildman–Crippen LogP) is -2.65. The third-order valence-electron chi connectivity index (χ3n) is 3.36. The average Bonchev–Trinajstić information content (AvgIpc) is 2.55. The van der Waals surface area contributed by atoms with Crippen molar-refractivity contribution in [2.24, 2.45) is 11.5 Å². The van der Waals surface area contributed by atoms with Gasteiger partial charge in [-0.15, -0.1) is 0 Å². The molecule has 1 heterocycles. The van der Waals surface area contributed by atoms with Crippen molar-refractivity contribution in [3.8, 4) is 0 Å². The molecule has 142 valence electrons. The van der Waals surface area contributed by atoms with Crippen molar-refractivity contribution >= 4 is 17.9 Å². The zero-order valence-corrected chi connectivity index (χ0v) is 14.0. The number of carbonyl (C=O) groups excluding carboxylic acids is 1. The maximum atomic E-state index is 10.6. The van der Waals surface area contributed by atoms with Crippen LogP contribution in [0.25, 0.3) is 0 Å². The predicted molar refractivity (Wildman–Crippen MR) is 85.2 cm³/mol. The van der Waals surface area contributed by atoms with Gasteiger partial charge in [-0.25, -0.2) is 4.79 Å². The summed E-state index contributed by atoms with van der Waals surface area (Å²) in [6.45, 7) is 0.317. The first kappa shape index (κ1) is 21.4. The van der Waals surface area contributed by atoms with Gasteiger partial charge >= 0.3 is 6.09 Å². The Morgan fingerprint density at radius 1 is 1.21 bits per heavy atom. The van der Waals surface area contributed by atoms with Crippen LogP contribution in [0.2, 0.25) is 0 Å². The van der Waals surface area contributed by atoms with E-state index >= 15 is 0 Å². The summed E-state index contributed by atoms with van der Waals surface area (Å²) in [4.78, 5) is 10.6. The van der Waals surface area contributed by atoms with E-state index < -0.39 is 49.5 Å². The Balaban J connectivity index is 2.48. The van der Waals surface area contributed by atoms with Crippen LogP contribution in [0.3, 0.4) is 0 Å². The molecule has 11 heteroatoms. The molecular formula is C13H26N2O8S. The first-order chi connectivity index (χ1) is 11.4. The number of ether oxygens (including phenoxy) is 3.